The SMILES string of the molecule is CCCCNC(=O)c1ccc2c(=O)n(CCC)c(=S)[nH]c2c1. The van der Waals surface area contributed by atoms with Crippen molar-refractivity contribution in [1.29, 1.82) is 0 Å². The van der Waals surface area contributed by atoms with Gasteiger partial charge >= 0.3 is 0 Å². The Morgan fingerprint density at radius 1 is 1.32 bits per heavy atom. The molecule has 2 N–H and O–H groups in total. The zero-order valence-electron chi connectivity index (χ0n) is 12.9. The van der Waals surface area contributed by atoms with E-state index in [9.17, 15) is 9.59 Å². The summed E-state index contributed by atoms with van der Waals surface area (Å²) in [5.74, 6) is -0.132. The molecule has 0 aliphatic heterocycles. The quantitative estimate of drug-likeness (QED) is 0.635. The van der Waals surface area contributed by atoms with E-state index in [1.807, 2.05) is 6.92 Å². The largest absolute Gasteiger partial charge is 0.352 e. The number of unbranched alkanes of at least 4 members (excludes halogenated alkanes) is 1. The second kappa shape index (κ2) is 7.35. The molecule has 118 valence electrons. The highest BCUT2D eigenvalue weighted by atomic mass is 32.1. The van der Waals surface area contributed by atoms with Gasteiger partial charge in [0, 0.05) is 18.7 Å². The van der Waals surface area contributed by atoms with Crippen molar-refractivity contribution in [3.8, 4) is 0 Å². The van der Waals surface area contributed by atoms with Gasteiger partial charge in [0.05, 0.1) is 10.9 Å². The number of carbonyl (C=O) groups is 1. The van der Waals surface area contributed by atoms with Crippen molar-refractivity contribution < 1.29 is 4.79 Å². The molecule has 0 bridgehead atoms. The van der Waals surface area contributed by atoms with E-state index < -0.39 is 0 Å². The van der Waals surface area contributed by atoms with Gasteiger partial charge in [0.25, 0.3) is 11.5 Å². The predicted molar refractivity (Wildman–Crippen MR) is 90.9 cm³/mol. The van der Waals surface area contributed by atoms with Crippen molar-refractivity contribution in [3.63, 3.8) is 0 Å². The van der Waals surface area contributed by atoms with Crippen LogP contribution >= 0.6 is 12.2 Å². The lowest BCUT2D eigenvalue weighted by Crippen LogP contribution is -2.25. The normalized spacial score (nSPS) is 10.8. The molecule has 6 heteroatoms. The van der Waals surface area contributed by atoms with E-state index in [4.69, 9.17) is 12.2 Å². The molecule has 0 spiro atoms. The van der Waals surface area contributed by atoms with Crippen LogP contribution in [0.4, 0.5) is 0 Å². The fraction of sp³-hybridized carbons (Fsp3) is 0.438. The second-order valence-electron chi connectivity index (χ2n) is 5.26. The van der Waals surface area contributed by atoms with Gasteiger partial charge in [-0.15, -0.1) is 0 Å². The monoisotopic (exact) mass is 319 g/mol. The Hall–Kier alpha value is -1.95. The molecule has 1 aromatic carbocycles. The number of nitrogens with one attached hydrogen (secondary N) is 2. The van der Waals surface area contributed by atoms with Gasteiger partial charge in [-0.3, -0.25) is 14.2 Å². The maximum Gasteiger partial charge on any atom is 0.262 e. The van der Waals surface area contributed by atoms with Gasteiger partial charge in [0.15, 0.2) is 4.77 Å². The average Bonchev–Trinajstić information content (AvgIpc) is 2.51. The van der Waals surface area contributed by atoms with Crippen molar-refractivity contribution in [2.24, 2.45) is 0 Å². The molecule has 5 nitrogen and oxygen atoms in total. The summed E-state index contributed by atoms with van der Waals surface area (Å²) < 4.78 is 1.95. The van der Waals surface area contributed by atoms with Gasteiger partial charge in [-0.2, -0.15) is 0 Å². The Bertz CT molecular complexity index is 792. The number of carbonyl (C=O) groups excluding carboxylic acids is 1. The third-order valence-electron chi connectivity index (χ3n) is 3.51. The summed E-state index contributed by atoms with van der Waals surface area (Å²) in [5.41, 5.74) is 1.02. The van der Waals surface area contributed by atoms with Crippen LogP contribution in [0.2, 0.25) is 0 Å². The van der Waals surface area contributed by atoms with Crippen LogP contribution in [0.5, 0.6) is 0 Å². The number of aromatic nitrogens is 2. The first-order valence-corrected chi connectivity index (χ1v) is 8.04. The molecule has 0 aliphatic rings. The number of hydrogen-bond donors (Lipinski definition) is 2. The lowest BCUT2D eigenvalue weighted by Gasteiger charge is -2.08. The first-order valence-electron chi connectivity index (χ1n) is 7.63. The number of hydrogen-bond acceptors (Lipinski definition) is 3. The van der Waals surface area contributed by atoms with Gasteiger partial charge in [0.1, 0.15) is 0 Å². The van der Waals surface area contributed by atoms with Crippen LogP contribution in [0.3, 0.4) is 0 Å². The molecule has 0 radical (unpaired) electrons. The maximum absolute atomic E-state index is 12.4. The smallest absolute Gasteiger partial charge is 0.262 e. The fourth-order valence-corrected chi connectivity index (χ4v) is 2.59. The van der Waals surface area contributed by atoms with Gasteiger partial charge in [-0.05, 0) is 43.3 Å². The van der Waals surface area contributed by atoms with Crippen LogP contribution in [0, 0.1) is 4.77 Å². The van der Waals surface area contributed by atoms with Crippen molar-refractivity contribution in [1.82, 2.24) is 14.9 Å². The number of aromatic amines is 1. The highest BCUT2D eigenvalue weighted by molar-refractivity contribution is 7.71. The number of fused-ring (bicyclic) bond motifs is 1. The molecule has 0 unspecified atom stereocenters. The van der Waals surface area contributed by atoms with E-state index in [1.54, 1.807) is 22.8 Å². The second-order valence-corrected chi connectivity index (χ2v) is 5.64. The standard InChI is InChI=1S/C16H21N3O2S/c1-3-5-8-17-14(20)11-6-7-12-13(10-11)18-16(22)19(9-4-2)15(12)21/h6-7,10H,3-5,8-9H2,1-2H3,(H,17,20)(H,18,22). The highest BCUT2D eigenvalue weighted by Gasteiger charge is 2.09. The van der Waals surface area contributed by atoms with Crippen molar-refractivity contribution >= 4 is 29.0 Å². The zero-order chi connectivity index (χ0) is 16.1. The van der Waals surface area contributed by atoms with E-state index in [-0.39, 0.29) is 11.5 Å². The number of amides is 1. The van der Waals surface area contributed by atoms with Crippen LogP contribution in [0.1, 0.15) is 43.5 Å². The summed E-state index contributed by atoms with van der Waals surface area (Å²) in [5, 5.41) is 3.41. The summed E-state index contributed by atoms with van der Waals surface area (Å²) in [4.78, 5) is 27.5. The Labute approximate surface area is 134 Å². The van der Waals surface area contributed by atoms with Crippen molar-refractivity contribution in [2.75, 3.05) is 6.54 Å². The van der Waals surface area contributed by atoms with E-state index in [0.29, 0.717) is 34.3 Å². The minimum absolute atomic E-state index is 0.112. The topological polar surface area (TPSA) is 66.9 Å². The minimum atomic E-state index is -0.132. The Morgan fingerprint density at radius 2 is 2.09 bits per heavy atom. The molecule has 0 atom stereocenters. The van der Waals surface area contributed by atoms with Gasteiger partial charge < -0.3 is 10.3 Å². The van der Waals surface area contributed by atoms with E-state index in [0.717, 1.165) is 19.3 Å². The molecule has 1 aromatic heterocycles. The molecule has 2 rings (SSSR count). The summed E-state index contributed by atoms with van der Waals surface area (Å²) >= 11 is 5.23. The number of rotatable bonds is 6. The molecular weight excluding hydrogens is 298 g/mol. The lowest BCUT2D eigenvalue weighted by molar-refractivity contribution is 0.0953. The number of nitrogens with zero attached hydrogens (tertiary/aromatic N) is 1. The Balaban J connectivity index is 2.39. The molecule has 0 saturated heterocycles. The first kappa shape index (κ1) is 16.4. The van der Waals surface area contributed by atoms with E-state index >= 15 is 0 Å². The van der Waals surface area contributed by atoms with E-state index in [1.165, 1.54) is 0 Å². The third kappa shape index (κ3) is 3.44. The summed E-state index contributed by atoms with van der Waals surface area (Å²) in [7, 11) is 0. The molecular formula is C16H21N3O2S. The predicted octanol–water partition coefficient (Wildman–Crippen LogP) is 3.00. The lowest BCUT2D eigenvalue weighted by atomic mass is 10.1. The van der Waals surface area contributed by atoms with Gasteiger partial charge in [-0.1, -0.05) is 20.3 Å². The molecule has 2 aromatic rings. The Morgan fingerprint density at radius 3 is 2.77 bits per heavy atom. The molecule has 1 heterocycles. The van der Waals surface area contributed by atoms with Crippen LogP contribution < -0.4 is 10.9 Å². The maximum atomic E-state index is 12.4. The Kier molecular flexibility index (Phi) is 5.49. The average molecular weight is 319 g/mol. The van der Waals surface area contributed by atoms with Crippen LogP contribution in [-0.2, 0) is 6.54 Å². The molecule has 0 saturated carbocycles. The third-order valence-corrected chi connectivity index (χ3v) is 3.83. The highest BCUT2D eigenvalue weighted by Crippen LogP contribution is 2.11. The fourth-order valence-electron chi connectivity index (χ4n) is 2.30. The minimum Gasteiger partial charge on any atom is -0.352 e. The molecule has 1 amide bonds. The number of H-pyrrole nitrogens is 1. The first-order chi connectivity index (χ1) is 10.6. The van der Waals surface area contributed by atoms with Crippen LogP contribution in [-0.4, -0.2) is 22.0 Å². The summed E-state index contributed by atoms with van der Waals surface area (Å²) in [6.07, 6.45) is 2.81. The van der Waals surface area contributed by atoms with Crippen LogP contribution in [0.25, 0.3) is 10.9 Å². The van der Waals surface area contributed by atoms with Gasteiger partial charge in [-0.25, -0.2) is 0 Å². The molecule has 0 fully saturated rings. The van der Waals surface area contributed by atoms with Crippen LogP contribution in [0.15, 0.2) is 23.0 Å². The molecule has 0 aliphatic carbocycles. The van der Waals surface area contributed by atoms with E-state index in [2.05, 4.69) is 17.2 Å². The zero-order valence-corrected chi connectivity index (χ0v) is 13.8. The molecule has 22 heavy (non-hydrogen) atoms. The summed E-state index contributed by atoms with van der Waals surface area (Å²) in [6, 6.07) is 5.05. The van der Waals surface area contributed by atoms with Crippen molar-refractivity contribution in [3.05, 3.63) is 38.9 Å². The van der Waals surface area contributed by atoms with Crippen molar-refractivity contribution in [2.45, 2.75) is 39.7 Å². The van der Waals surface area contributed by atoms with Gasteiger partial charge in [0.2, 0.25) is 0 Å². The summed E-state index contributed by atoms with van der Waals surface area (Å²) in [6.45, 7) is 5.31. The number of benzene rings is 1.